The molecule has 0 radical (unpaired) electrons. The Morgan fingerprint density at radius 2 is 1.74 bits per heavy atom. The maximum Gasteiger partial charge on any atom is 0.256 e. The number of rotatable bonds is 6. The summed E-state index contributed by atoms with van der Waals surface area (Å²) in [7, 11) is 0. The monoisotopic (exact) mass is 515 g/mol. The number of carbonyl (C=O) groups excluding carboxylic acids is 1. The molecule has 7 rings (SSSR count). The second kappa shape index (κ2) is 9.63. The molecular weight excluding hydrogens is 486 g/mol. The minimum absolute atomic E-state index is 0.00989. The molecule has 1 saturated heterocycles. The summed E-state index contributed by atoms with van der Waals surface area (Å²) in [6.07, 6.45) is 6.18. The van der Waals surface area contributed by atoms with E-state index < -0.39 is 0 Å². The third-order valence-electron chi connectivity index (χ3n) is 7.71. The van der Waals surface area contributed by atoms with Gasteiger partial charge in [-0.15, -0.1) is 0 Å². The van der Waals surface area contributed by atoms with E-state index in [4.69, 9.17) is 4.98 Å². The third-order valence-corrected chi connectivity index (χ3v) is 7.71. The van der Waals surface area contributed by atoms with E-state index in [1.54, 1.807) is 12.5 Å². The van der Waals surface area contributed by atoms with Crippen molar-refractivity contribution in [2.24, 2.45) is 0 Å². The van der Waals surface area contributed by atoms with Gasteiger partial charge in [0.15, 0.2) is 0 Å². The lowest BCUT2D eigenvalue weighted by molar-refractivity contribution is 0.103. The predicted octanol–water partition coefficient (Wildman–Crippen LogP) is 4.60. The largest absolute Gasteiger partial charge is 0.354 e. The number of anilines is 2. The highest BCUT2D eigenvalue weighted by Crippen LogP contribution is 2.35. The summed E-state index contributed by atoms with van der Waals surface area (Å²) >= 11 is 0. The molecule has 0 unspecified atom stereocenters. The zero-order valence-electron chi connectivity index (χ0n) is 21.8. The molecule has 0 bridgehead atoms. The summed E-state index contributed by atoms with van der Waals surface area (Å²) in [6.45, 7) is 6.78. The van der Waals surface area contributed by atoms with Crippen molar-refractivity contribution in [2.45, 2.75) is 19.9 Å². The van der Waals surface area contributed by atoms with Gasteiger partial charge < -0.3 is 10.2 Å². The van der Waals surface area contributed by atoms with Crippen molar-refractivity contribution in [2.75, 3.05) is 36.4 Å². The van der Waals surface area contributed by atoms with Crippen LogP contribution in [0.25, 0.3) is 16.7 Å². The second-order valence-electron chi connectivity index (χ2n) is 10.3. The van der Waals surface area contributed by atoms with Crippen LogP contribution in [0.1, 0.15) is 32.7 Å². The average Bonchev–Trinajstić information content (AvgIpc) is 3.61. The first-order valence-electron chi connectivity index (χ1n) is 13.4. The molecule has 1 amide bonds. The first-order chi connectivity index (χ1) is 19.1. The van der Waals surface area contributed by atoms with E-state index in [1.807, 2.05) is 35.9 Å². The predicted molar refractivity (Wildman–Crippen MR) is 153 cm³/mol. The van der Waals surface area contributed by atoms with Crippen molar-refractivity contribution in [3.8, 4) is 5.95 Å². The number of aromatic nitrogens is 4. The van der Waals surface area contributed by atoms with Crippen LogP contribution in [0.3, 0.4) is 0 Å². The van der Waals surface area contributed by atoms with Crippen LogP contribution in [-0.2, 0) is 13.0 Å². The molecule has 0 atom stereocenters. The Morgan fingerprint density at radius 1 is 0.923 bits per heavy atom. The average molecular weight is 516 g/mol. The van der Waals surface area contributed by atoms with Crippen LogP contribution in [0.4, 0.5) is 11.5 Å². The van der Waals surface area contributed by atoms with Crippen molar-refractivity contribution in [1.29, 1.82) is 0 Å². The van der Waals surface area contributed by atoms with Crippen molar-refractivity contribution >= 4 is 28.2 Å². The maximum atomic E-state index is 12.3. The zero-order valence-corrected chi connectivity index (χ0v) is 21.8. The topological polar surface area (TPSA) is 79.2 Å². The molecule has 39 heavy (non-hydrogen) atoms. The van der Waals surface area contributed by atoms with Crippen LogP contribution in [0, 0.1) is 6.92 Å². The Balaban J connectivity index is 0.994. The van der Waals surface area contributed by atoms with E-state index in [2.05, 4.69) is 67.5 Å². The number of nitrogens with one attached hydrogen (secondary N) is 1. The van der Waals surface area contributed by atoms with E-state index in [-0.39, 0.29) is 5.91 Å². The Kier molecular flexibility index (Phi) is 5.82. The molecule has 0 aliphatic carbocycles. The Morgan fingerprint density at radius 3 is 2.54 bits per heavy atom. The fraction of sp³-hybridized carbons (Fsp3) is 0.226. The molecule has 2 aromatic heterocycles. The number of piperazine rings is 1. The fourth-order valence-electron chi connectivity index (χ4n) is 5.67. The highest BCUT2D eigenvalue weighted by Gasteiger charge is 2.22. The lowest BCUT2D eigenvalue weighted by Gasteiger charge is -2.35. The number of hydrogen-bond acceptors (Lipinski definition) is 6. The van der Waals surface area contributed by atoms with Crippen LogP contribution < -0.4 is 10.2 Å². The summed E-state index contributed by atoms with van der Waals surface area (Å²) in [6, 6.07) is 21.2. The maximum absolute atomic E-state index is 12.3. The molecule has 0 saturated carbocycles. The number of nitrogens with zero attached hydrogens (tertiary/aromatic N) is 6. The Bertz CT molecular complexity index is 1670. The van der Waals surface area contributed by atoms with E-state index in [0.717, 1.165) is 72.7 Å². The smallest absolute Gasteiger partial charge is 0.256 e. The summed E-state index contributed by atoms with van der Waals surface area (Å²) in [5.74, 6) is 1.62. The van der Waals surface area contributed by atoms with Crippen LogP contribution >= 0.6 is 0 Å². The van der Waals surface area contributed by atoms with Crippen molar-refractivity contribution in [3.05, 3.63) is 107 Å². The number of amides is 1. The number of hydrogen-bond donors (Lipinski definition) is 1. The van der Waals surface area contributed by atoms with Gasteiger partial charge in [-0.3, -0.25) is 14.3 Å². The second-order valence-corrected chi connectivity index (χ2v) is 10.3. The van der Waals surface area contributed by atoms with Crippen molar-refractivity contribution in [1.82, 2.24) is 24.4 Å². The molecule has 3 aromatic carbocycles. The van der Waals surface area contributed by atoms with Gasteiger partial charge in [0.25, 0.3) is 5.91 Å². The lowest BCUT2D eigenvalue weighted by atomic mass is 9.95. The fourth-order valence-corrected chi connectivity index (χ4v) is 5.67. The molecule has 0 spiro atoms. The molecule has 8 heteroatoms. The Labute approximate surface area is 227 Å². The Hall–Kier alpha value is -4.56. The number of benzene rings is 3. The van der Waals surface area contributed by atoms with Crippen LogP contribution in [-0.4, -0.2) is 56.5 Å². The van der Waals surface area contributed by atoms with Crippen molar-refractivity contribution in [3.63, 3.8) is 0 Å². The zero-order chi connectivity index (χ0) is 26.3. The van der Waals surface area contributed by atoms with Gasteiger partial charge in [0, 0.05) is 73.5 Å². The lowest BCUT2D eigenvalue weighted by Crippen LogP contribution is -2.46. The molecule has 5 aromatic rings. The summed E-state index contributed by atoms with van der Waals surface area (Å²) < 4.78 is 1.85. The van der Waals surface area contributed by atoms with Gasteiger partial charge in [-0.1, -0.05) is 42.5 Å². The van der Waals surface area contributed by atoms with Gasteiger partial charge in [0.2, 0.25) is 5.95 Å². The van der Waals surface area contributed by atoms with Gasteiger partial charge in [-0.2, -0.15) is 4.98 Å². The minimum Gasteiger partial charge on any atom is -0.354 e. The highest BCUT2D eigenvalue weighted by atomic mass is 16.1. The highest BCUT2D eigenvalue weighted by molar-refractivity contribution is 6.24. The molecular formula is C31H29N7O. The van der Waals surface area contributed by atoms with E-state index in [0.29, 0.717) is 5.95 Å². The molecule has 194 valence electrons. The van der Waals surface area contributed by atoms with Crippen LogP contribution in [0.5, 0.6) is 0 Å². The standard InChI is InChI=1S/C31H29N7O/c1-21-17-28(35-31(33-21)38-12-11-32-20-38)37-15-13-36(14-16-37)19-23-7-5-22(6-8-23)18-24-9-10-27-29-25(24)3-2-4-26(29)30(39)34-27/h2-12,17,20H,13-16,18-19H2,1H3,(H,34,39). The molecule has 4 heterocycles. The molecule has 1 N–H and O–H groups in total. The van der Waals surface area contributed by atoms with Crippen LogP contribution in [0.2, 0.25) is 0 Å². The van der Waals surface area contributed by atoms with E-state index in [9.17, 15) is 4.79 Å². The SMILES string of the molecule is Cc1cc(N2CCN(Cc3ccc(Cc4ccc5c6c(cccc46)C(=O)N5)cc3)CC2)nc(-n2ccnc2)n1. The van der Waals surface area contributed by atoms with Gasteiger partial charge in [-0.25, -0.2) is 9.97 Å². The summed E-state index contributed by atoms with van der Waals surface area (Å²) in [4.78, 5) is 30.6. The minimum atomic E-state index is -0.00989. The molecule has 2 aliphatic heterocycles. The first kappa shape index (κ1) is 23.5. The van der Waals surface area contributed by atoms with Gasteiger partial charge in [-0.05, 0) is 47.6 Å². The van der Waals surface area contributed by atoms with Gasteiger partial charge >= 0.3 is 0 Å². The quantitative estimate of drug-likeness (QED) is 0.356. The van der Waals surface area contributed by atoms with Crippen LogP contribution in [0.15, 0.2) is 79.4 Å². The number of carbonyl (C=O) groups is 1. The summed E-state index contributed by atoms with van der Waals surface area (Å²) in [5, 5.41) is 5.18. The molecule has 2 aliphatic rings. The number of aryl methyl sites for hydroxylation is 1. The normalized spacial score (nSPS) is 15.2. The third kappa shape index (κ3) is 4.53. The van der Waals surface area contributed by atoms with Gasteiger partial charge in [0.05, 0.1) is 0 Å². The van der Waals surface area contributed by atoms with E-state index >= 15 is 0 Å². The van der Waals surface area contributed by atoms with Crippen molar-refractivity contribution < 1.29 is 4.79 Å². The van der Waals surface area contributed by atoms with Gasteiger partial charge in [0.1, 0.15) is 12.1 Å². The van der Waals surface area contributed by atoms with E-state index in [1.165, 1.54) is 16.7 Å². The number of imidazole rings is 1. The first-order valence-corrected chi connectivity index (χ1v) is 13.4. The molecule has 1 fully saturated rings. The summed E-state index contributed by atoms with van der Waals surface area (Å²) in [5.41, 5.74) is 6.48. The molecule has 8 nitrogen and oxygen atoms in total.